The van der Waals surface area contributed by atoms with Crippen molar-refractivity contribution < 1.29 is 14.4 Å². The summed E-state index contributed by atoms with van der Waals surface area (Å²) in [5.41, 5.74) is 3.44. The Balaban J connectivity index is 1.70. The normalized spacial score (nSPS) is 13.7. The monoisotopic (exact) mass is 417 g/mol. The van der Waals surface area contributed by atoms with E-state index in [0.717, 1.165) is 10.4 Å². The lowest BCUT2D eigenvalue weighted by atomic mass is 10.1. The zero-order valence-corrected chi connectivity index (χ0v) is 17.2. The molecule has 0 saturated heterocycles. The molecular weight excluding hydrogens is 398 g/mol. The summed E-state index contributed by atoms with van der Waals surface area (Å²) in [4.78, 5) is 39.6. The third kappa shape index (κ3) is 3.75. The van der Waals surface area contributed by atoms with Crippen molar-refractivity contribution in [1.82, 2.24) is 0 Å². The minimum absolute atomic E-state index is 0.163. The number of carbonyl (C=O) groups is 3. The number of thiophene rings is 1. The average Bonchev–Trinajstić information content (AvgIpc) is 3.31. The number of nitrogens with zero attached hydrogens (tertiary/aromatic N) is 1. The molecular formula is C23H19N3O3S. The Bertz CT molecular complexity index is 1150. The Morgan fingerprint density at radius 1 is 0.900 bits per heavy atom. The highest BCUT2D eigenvalue weighted by Gasteiger charge is 2.40. The van der Waals surface area contributed by atoms with E-state index in [-0.39, 0.29) is 17.5 Å². The van der Waals surface area contributed by atoms with Crippen LogP contribution in [0.25, 0.3) is 5.57 Å². The highest BCUT2D eigenvalue weighted by atomic mass is 32.1. The molecule has 30 heavy (non-hydrogen) atoms. The van der Waals surface area contributed by atoms with Crippen LogP contribution in [0.1, 0.15) is 17.4 Å². The van der Waals surface area contributed by atoms with Crippen molar-refractivity contribution in [1.29, 1.82) is 0 Å². The molecule has 4 rings (SSSR count). The van der Waals surface area contributed by atoms with Crippen molar-refractivity contribution in [3.8, 4) is 0 Å². The van der Waals surface area contributed by atoms with Gasteiger partial charge in [-0.2, -0.15) is 0 Å². The van der Waals surface area contributed by atoms with Crippen LogP contribution in [0, 0.1) is 6.92 Å². The minimum Gasteiger partial charge on any atom is -0.350 e. The van der Waals surface area contributed by atoms with E-state index < -0.39 is 5.91 Å². The molecule has 150 valence electrons. The van der Waals surface area contributed by atoms with Crippen molar-refractivity contribution in [3.05, 3.63) is 82.2 Å². The predicted octanol–water partition coefficient (Wildman–Crippen LogP) is 4.41. The van der Waals surface area contributed by atoms with Gasteiger partial charge in [-0.25, -0.2) is 4.90 Å². The van der Waals surface area contributed by atoms with E-state index in [0.29, 0.717) is 22.6 Å². The summed E-state index contributed by atoms with van der Waals surface area (Å²) < 4.78 is 0. The summed E-state index contributed by atoms with van der Waals surface area (Å²) >= 11 is 1.40. The average molecular weight is 417 g/mol. The van der Waals surface area contributed by atoms with Gasteiger partial charge < -0.3 is 10.6 Å². The van der Waals surface area contributed by atoms with Gasteiger partial charge in [0.05, 0.1) is 11.3 Å². The Hall–Kier alpha value is -3.71. The van der Waals surface area contributed by atoms with Crippen LogP contribution in [-0.4, -0.2) is 17.7 Å². The number of carbonyl (C=O) groups excluding carboxylic acids is 3. The Morgan fingerprint density at radius 3 is 2.17 bits per heavy atom. The number of nitrogens with one attached hydrogen (secondary N) is 2. The van der Waals surface area contributed by atoms with Crippen molar-refractivity contribution in [2.24, 2.45) is 0 Å². The molecule has 1 aromatic heterocycles. The van der Waals surface area contributed by atoms with E-state index in [1.807, 2.05) is 36.6 Å². The molecule has 2 N–H and O–H groups in total. The van der Waals surface area contributed by atoms with Crippen LogP contribution >= 0.6 is 11.3 Å². The van der Waals surface area contributed by atoms with Crippen LogP contribution in [0.5, 0.6) is 0 Å². The standard InChI is InChI=1S/C23H19N3O3S/c1-14-5-11-18(12-6-14)26-22(28)20(19-4-3-13-30-19)21(23(26)29)25-17-9-7-16(8-10-17)24-15(2)27/h3-13,25H,1-2H3,(H,24,27). The molecule has 6 nitrogen and oxygen atoms in total. The summed E-state index contributed by atoms with van der Waals surface area (Å²) in [6.07, 6.45) is 0. The maximum Gasteiger partial charge on any atom is 0.282 e. The molecule has 0 spiro atoms. The lowest BCUT2D eigenvalue weighted by Gasteiger charge is -2.15. The third-order valence-corrected chi connectivity index (χ3v) is 5.51. The molecule has 3 amide bonds. The van der Waals surface area contributed by atoms with Gasteiger partial charge in [-0.15, -0.1) is 11.3 Å². The number of aryl methyl sites for hydroxylation is 1. The zero-order chi connectivity index (χ0) is 21.3. The molecule has 1 aliphatic rings. The van der Waals surface area contributed by atoms with Crippen LogP contribution in [0.2, 0.25) is 0 Å². The second-order valence-electron chi connectivity index (χ2n) is 6.89. The molecule has 2 aromatic carbocycles. The number of rotatable bonds is 5. The van der Waals surface area contributed by atoms with E-state index in [1.165, 1.54) is 23.2 Å². The topological polar surface area (TPSA) is 78.5 Å². The van der Waals surface area contributed by atoms with Crippen molar-refractivity contribution >= 4 is 51.7 Å². The first-order valence-electron chi connectivity index (χ1n) is 9.32. The van der Waals surface area contributed by atoms with E-state index in [1.54, 1.807) is 36.4 Å². The van der Waals surface area contributed by atoms with Gasteiger partial charge >= 0.3 is 0 Å². The van der Waals surface area contributed by atoms with Crippen molar-refractivity contribution in [2.75, 3.05) is 15.5 Å². The molecule has 0 radical (unpaired) electrons. The summed E-state index contributed by atoms with van der Waals surface area (Å²) in [6, 6.07) is 17.9. The first-order valence-corrected chi connectivity index (χ1v) is 10.2. The maximum atomic E-state index is 13.3. The van der Waals surface area contributed by atoms with Gasteiger partial charge in [0.25, 0.3) is 11.8 Å². The Labute approximate surface area is 177 Å². The lowest BCUT2D eigenvalue weighted by Crippen LogP contribution is -2.32. The molecule has 0 atom stereocenters. The van der Waals surface area contributed by atoms with Gasteiger partial charge in [0, 0.05) is 23.2 Å². The number of imide groups is 1. The number of benzene rings is 2. The van der Waals surface area contributed by atoms with Crippen molar-refractivity contribution in [2.45, 2.75) is 13.8 Å². The SMILES string of the molecule is CC(=O)Nc1ccc(NC2=C(c3cccs3)C(=O)N(c3ccc(C)cc3)C2=O)cc1. The number of anilines is 3. The fraction of sp³-hybridized carbons (Fsp3) is 0.0870. The van der Waals surface area contributed by atoms with Gasteiger partial charge in [-0.3, -0.25) is 14.4 Å². The Kier molecular flexibility index (Phi) is 5.20. The molecule has 0 saturated carbocycles. The van der Waals surface area contributed by atoms with E-state index in [2.05, 4.69) is 10.6 Å². The number of amides is 3. The summed E-state index contributed by atoms with van der Waals surface area (Å²) in [6.45, 7) is 3.39. The summed E-state index contributed by atoms with van der Waals surface area (Å²) in [5, 5.41) is 7.68. The highest BCUT2D eigenvalue weighted by molar-refractivity contribution is 7.11. The fourth-order valence-electron chi connectivity index (χ4n) is 3.21. The largest absolute Gasteiger partial charge is 0.350 e. The van der Waals surface area contributed by atoms with Crippen LogP contribution in [0.3, 0.4) is 0 Å². The van der Waals surface area contributed by atoms with Gasteiger partial charge in [-0.05, 0) is 54.8 Å². The zero-order valence-electron chi connectivity index (χ0n) is 16.4. The van der Waals surface area contributed by atoms with Gasteiger partial charge in [-0.1, -0.05) is 23.8 Å². The smallest absolute Gasteiger partial charge is 0.282 e. The van der Waals surface area contributed by atoms with Crippen LogP contribution in [-0.2, 0) is 14.4 Å². The van der Waals surface area contributed by atoms with E-state index in [4.69, 9.17) is 0 Å². The number of hydrogen-bond acceptors (Lipinski definition) is 5. The third-order valence-electron chi connectivity index (χ3n) is 4.62. The predicted molar refractivity (Wildman–Crippen MR) is 119 cm³/mol. The quantitative estimate of drug-likeness (QED) is 0.603. The molecule has 1 aliphatic heterocycles. The summed E-state index contributed by atoms with van der Waals surface area (Å²) in [5.74, 6) is -0.925. The number of hydrogen-bond donors (Lipinski definition) is 2. The van der Waals surface area contributed by atoms with Gasteiger partial charge in [0.1, 0.15) is 5.70 Å². The van der Waals surface area contributed by atoms with Crippen LogP contribution in [0.15, 0.2) is 71.7 Å². The second-order valence-corrected chi connectivity index (χ2v) is 7.84. The van der Waals surface area contributed by atoms with Crippen LogP contribution < -0.4 is 15.5 Å². The van der Waals surface area contributed by atoms with Crippen LogP contribution in [0.4, 0.5) is 17.1 Å². The molecule has 2 heterocycles. The first-order chi connectivity index (χ1) is 14.4. The molecule has 3 aromatic rings. The second kappa shape index (κ2) is 7.96. The minimum atomic E-state index is -0.404. The fourth-order valence-corrected chi connectivity index (χ4v) is 3.98. The Morgan fingerprint density at radius 2 is 1.57 bits per heavy atom. The van der Waals surface area contributed by atoms with Gasteiger partial charge in [0.15, 0.2) is 0 Å². The molecule has 7 heteroatoms. The van der Waals surface area contributed by atoms with Gasteiger partial charge in [0.2, 0.25) is 5.91 Å². The first kappa shape index (κ1) is 19.6. The molecule has 0 bridgehead atoms. The lowest BCUT2D eigenvalue weighted by molar-refractivity contribution is -0.120. The maximum absolute atomic E-state index is 13.3. The molecule has 0 unspecified atom stereocenters. The van der Waals surface area contributed by atoms with Crippen molar-refractivity contribution in [3.63, 3.8) is 0 Å². The molecule has 0 aliphatic carbocycles. The summed E-state index contributed by atoms with van der Waals surface area (Å²) in [7, 11) is 0. The van der Waals surface area contributed by atoms with E-state index >= 15 is 0 Å². The highest BCUT2D eigenvalue weighted by Crippen LogP contribution is 2.35. The van der Waals surface area contributed by atoms with E-state index in [9.17, 15) is 14.4 Å². The molecule has 0 fully saturated rings.